The van der Waals surface area contributed by atoms with Gasteiger partial charge in [-0.05, 0) is 49.8 Å². The highest BCUT2D eigenvalue weighted by atomic mass is 15.2. The number of hydrogen-bond donors (Lipinski definition) is 1. The monoisotopic (exact) mass is 287 g/mol. The molecule has 3 rings (SSSR count). The predicted molar refractivity (Wildman–Crippen MR) is 88.6 cm³/mol. The number of nitrogens with zero attached hydrogens (tertiary/aromatic N) is 2. The first-order valence-electron chi connectivity index (χ1n) is 8.85. The molecule has 0 radical (unpaired) electrons. The molecule has 1 saturated carbocycles. The molecule has 1 aromatic heterocycles. The number of nitrogens with one attached hydrogen (secondary N) is 1. The highest BCUT2D eigenvalue weighted by Crippen LogP contribution is 2.20. The maximum Gasteiger partial charge on any atom is 0.128 e. The normalized spacial score (nSPS) is 21.2. The van der Waals surface area contributed by atoms with Crippen molar-refractivity contribution in [3.8, 4) is 0 Å². The number of anilines is 1. The van der Waals surface area contributed by atoms with Crippen molar-refractivity contribution < 1.29 is 0 Å². The summed E-state index contributed by atoms with van der Waals surface area (Å²) in [5, 5.41) is 3.76. The minimum absolute atomic E-state index is 0.721. The van der Waals surface area contributed by atoms with Crippen molar-refractivity contribution in [2.75, 3.05) is 18.0 Å². The zero-order chi connectivity index (χ0) is 14.3. The molecule has 21 heavy (non-hydrogen) atoms. The van der Waals surface area contributed by atoms with E-state index in [0.29, 0.717) is 0 Å². The molecule has 0 atom stereocenters. The largest absolute Gasteiger partial charge is 0.357 e. The molecule has 0 unspecified atom stereocenters. The van der Waals surface area contributed by atoms with Crippen LogP contribution in [0, 0.1) is 0 Å². The Labute approximate surface area is 129 Å². The molecular weight excluding hydrogens is 258 g/mol. The molecule has 1 aromatic rings. The summed E-state index contributed by atoms with van der Waals surface area (Å²) < 4.78 is 0. The SMILES string of the molecule is c1cc(CNC2CCCCCC2)cc(N2CCCCC2)n1. The smallest absolute Gasteiger partial charge is 0.128 e. The fourth-order valence-corrected chi connectivity index (χ4v) is 3.61. The molecule has 0 amide bonds. The molecule has 2 fully saturated rings. The lowest BCUT2D eigenvalue weighted by Crippen LogP contribution is -2.30. The summed E-state index contributed by atoms with van der Waals surface area (Å²) in [6, 6.07) is 5.17. The summed E-state index contributed by atoms with van der Waals surface area (Å²) >= 11 is 0. The number of hydrogen-bond acceptors (Lipinski definition) is 3. The number of piperidine rings is 1. The van der Waals surface area contributed by atoms with Gasteiger partial charge in [-0.15, -0.1) is 0 Å². The molecule has 3 nitrogen and oxygen atoms in total. The second kappa shape index (κ2) is 7.79. The Morgan fingerprint density at radius 3 is 2.48 bits per heavy atom. The van der Waals surface area contributed by atoms with E-state index >= 15 is 0 Å². The van der Waals surface area contributed by atoms with Crippen LogP contribution in [0.4, 0.5) is 5.82 Å². The number of rotatable bonds is 4. The van der Waals surface area contributed by atoms with Gasteiger partial charge in [0, 0.05) is 31.9 Å². The first-order chi connectivity index (χ1) is 10.4. The fourth-order valence-electron chi connectivity index (χ4n) is 3.61. The van der Waals surface area contributed by atoms with E-state index in [1.54, 1.807) is 0 Å². The maximum absolute atomic E-state index is 4.57. The number of pyridine rings is 1. The minimum atomic E-state index is 0.721. The van der Waals surface area contributed by atoms with Gasteiger partial charge in [0.25, 0.3) is 0 Å². The topological polar surface area (TPSA) is 28.2 Å². The Kier molecular flexibility index (Phi) is 5.50. The molecule has 2 aliphatic rings. The molecule has 0 spiro atoms. The van der Waals surface area contributed by atoms with Crippen molar-refractivity contribution in [1.82, 2.24) is 10.3 Å². The summed E-state index contributed by atoms with van der Waals surface area (Å²) in [5.74, 6) is 1.18. The van der Waals surface area contributed by atoms with Gasteiger partial charge < -0.3 is 10.2 Å². The third-order valence-corrected chi connectivity index (χ3v) is 4.94. The second-order valence-corrected chi connectivity index (χ2v) is 6.64. The van der Waals surface area contributed by atoms with Crippen molar-refractivity contribution in [2.45, 2.75) is 70.4 Å². The van der Waals surface area contributed by atoms with Crippen molar-refractivity contribution >= 4 is 5.82 Å². The van der Waals surface area contributed by atoms with Crippen LogP contribution in [-0.2, 0) is 6.54 Å². The number of aromatic nitrogens is 1. The van der Waals surface area contributed by atoms with Gasteiger partial charge in [0.15, 0.2) is 0 Å². The summed E-state index contributed by atoms with van der Waals surface area (Å²) in [7, 11) is 0. The molecule has 3 heteroatoms. The minimum Gasteiger partial charge on any atom is -0.357 e. The Morgan fingerprint density at radius 2 is 1.71 bits per heavy atom. The van der Waals surface area contributed by atoms with Gasteiger partial charge in [0.1, 0.15) is 5.82 Å². The van der Waals surface area contributed by atoms with Crippen LogP contribution < -0.4 is 10.2 Å². The van der Waals surface area contributed by atoms with Crippen LogP contribution in [0.2, 0.25) is 0 Å². The average molecular weight is 287 g/mol. The lowest BCUT2D eigenvalue weighted by Gasteiger charge is -2.28. The maximum atomic E-state index is 4.57. The molecule has 1 N–H and O–H groups in total. The second-order valence-electron chi connectivity index (χ2n) is 6.64. The summed E-state index contributed by atoms with van der Waals surface area (Å²) in [4.78, 5) is 7.01. The van der Waals surface area contributed by atoms with Crippen molar-refractivity contribution in [3.05, 3.63) is 23.9 Å². The Hall–Kier alpha value is -1.09. The van der Waals surface area contributed by atoms with Crippen molar-refractivity contribution in [2.24, 2.45) is 0 Å². The van der Waals surface area contributed by atoms with Crippen LogP contribution in [0.3, 0.4) is 0 Å². The van der Waals surface area contributed by atoms with E-state index in [1.807, 2.05) is 6.20 Å². The van der Waals surface area contributed by atoms with Crippen LogP contribution in [0.25, 0.3) is 0 Å². The van der Waals surface area contributed by atoms with Gasteiger partial charge >= 0.3 is 0 Å². The van der Waals surface area contributed by atoms with Gasteiger partial charge in [-0.1, -0.05) is 25.7 Å². The lowest BCUT2D eigenvalue weighted by molar-refractivity contribution is 0.459. The van der Waals surface area contributed by atoms with Gasteiger partial charge in [0.05, 0.1) is 0 Å². The summed E-state index contributed by atoms with van der Waals surface area (Å²) in [6.07, 6.45) is 14.3. The Balaban J connectivity index is 1.55. The zero-order valence-electron chi connectivity index (χ0n) is 13.2. The first kappa shape index (κ1) is 14.8. The lowest BCUT2D eigenvalue weighted by atomic mass is 10.1. The molecule has 2 heterocycles. The molecule has 0 aromatic carbocycles. The summed E-state index contributed by atoms with van der Waals surface area (Å²) in [5.41, 5.74) is 1.38. The van der Waals surface area contributed by atoms with E-state index in [4.69, 9.17) is 0 Å². The van der Waals surface area contributed by atoms with Crippen molar-refractivity contribution in [3.63, 3.8) is 0 Å². The predicted octanol–water partition coefficient (Wildman–Crippen LogP) is 3.88. The van der Waals surface area contributed by atoms with Crippen LogP contribution >= 0.6 is 0 Å². The highest BCUT2D eigenvalue weighted by Gasteiger charge is 2.14. The Morgan fingerprint density at radius 1 is 1.00 bits per heavy atom. The van der Waals surface area contributed by atoms with E-state index in [1.165, 1.54) is 82.3 Å². The van der Waals surface area contributed by atoms with Crippen LogP contribution in [0.5, 0.6) is 0 Å². The van der Waals surface area contributed by atoms with Crippen LogP contribution in [-0.4, -0.2) is 24.1 Å². The van der Waals surface area contributed by atoms with E-state index in [9.17, 15) is 0 Å². The molecule has 116 valence electrons. The van der Waals surface area contributed by atoms with E-state index < -0.39 is 0 Å². The molecular formula is C18H29N3. The van der Waals surface area contributed by atoms with E-state index in [0.717, 1.165) is 12.6 Å². The van der Waals surface area contributed by atoms with Gasteiger partial charge in [-0.25, -0.2) is 4.98 Å². The molecule has 1 saturated heterocycles. The average Bonchev–Trinajstić information content (AvgIpc) is 2.83. The van der Waals surface area contributed by atoms with E-state index in [2.05, 4.69) is 27.3 Å². The molecule has 0 bridgehead atoms. The third kappa shape index (κ3) is 4.44. The highest BCUT2D eigenvalue weighted by molar-refractivity contribution is 5.41. The van der Waals surface area contributed by atoms with Gasteiger partial charge in [0.2, 0.25) is 0 Å². The van der Waals surface area contributed by atoms with Gasteiger partial charge in [-0.3, -0.25) is 0 Å². The van der Waals surface area contributed by atoms with Gasteiger partial charge in [-0.2, -0.15) is 0 Å². The van der Waals surface area contributed by atoms with Crippen molar-refractivity contribution in [1.29, 1.82) is 0 Å². The molecule has 1 aliphatic carbocycles. The zero-order valence-corrected chi connectivity index (χ0v) is 13.2. The van der Waals surface area contributed by atoms with E-state index in [-0.39, 0.29) is 0 Å². The first-order valence-corrected chi connectivity index (χ1v) is 8.85. The summed E-state index contributed by atoms with van der Waals surface area (Å²) in [6.45, 7) is 3.34. The van der Waals surface area contributed by atoms with Crippen LogP contribution in [0.15, 0.2) is 18.3 Å². The quantitative estimate of drug-likeness (QED) is 0.852. The van der Waals surface area contributed by atoms with Crippen LogP contribution in [0.1, 0.15) is 63.4 Å². The Bertz CT molecular complexity index is 418. The fraction of sp³-hybridized carbons (Fsp3) is 0.722. The third-order valence-electron chi connectivity index (χ3n) is 4.94. The molecule has 1 aliphatic heterocycles. The standard InChI is InChI=1S/C18H29N3/c1-2-5-9-17(8-4-1)20-15-16-10-11-19-18(14-16)21-12-6-3-7-13-21/h10-11,14,17,20H,1-9,12-13,15H2.